The van der Waals surface area contributed by atoms with Crippen LogP contribution in [0.4, 0.5) is 0 Å². The lowest BCUT2D eigenvalue weighted by Crippen LogP contribution is -2.36. The third-order valence-corrected chi connectivity index (χ3v) is 4.43. The van der Waals surface area contributed by atoms with Crippen molar-refractivity contribution in [2.45, 2.75) is 58.4 Å². The fourth-order valence-electron chi connectivity index (χ4n) is 3.24. The Morgan fingerprint density at radius 3 is 2.45 bits per heavy atom. The van der Waals surface area contributed by atoms with Crippen LogP contribution >= 0.6 is 0 Å². The quantitative estimate of drug-likeness (QED) is 0.798. The van der Waals surface area contributed by atoms with Crippen molar-refractivity contribution < 1.29 is 9.53 Å². The molecule has 0 aromatic carbocycles. The summed E-state index contributed by atoms with van der Waals surface area (Å²) in [5.41, 5.74) is 2.78. The molecule has 0 spiro atoms. The lowest BCUT2D eigenvalue weighted by Gasteiger charge is -2.31. The second-order valence-corrected chi connectivity index (χ2v) is 6.23. The fourth-order valence-corrected chi connectivity index (χ4v) is 3.24. The van der Waals surface area contributed by atoms with E-state index in [1.165, 1.54) is 18.4 Å². The van der Waals surface area contributed by atoms with E-state index in [-0.39, 0.29) is 11.9 Å². The number of rotatable bonds is 4. The standard InChI is InChI=1S/C17H27NO2/c1-12(2)15-6-4-5-7-16(15)18-14-10-8-13(9-11-14)17(19)20-3/h6-7,12-14,18H,4-5,8-11H2,1-3H3. The average Bonchev–Trinajstić information content (AvgIpc) is 2.47. The summed E-state index contributed by atoms with van der Waals surface area (Å²) in [7, 11) is 1.49. The summed E-state index contributed by atoms with van der Waals surface area (Å²) in [6.45, 7) is 4.50. The van der Waals surface area contributed by atoms with Crippen LogP contribution in [0, 0.1) is 11.8 Å². The van der Waals surface area contributed by atoms with Crippen LogP contribution in [0.15, 0.2) is 23.4 Å². The second kappa shape index (κ2) is 6.96. The highest BCUT2D eigenvalue weighted by molar-refractivity contribution is 5.72. The van der Waals surface area contributed by atoms with E-state index in [1.807, 2.05) is 0 Å². The van der Waals surface area contributed by atoms with Crippen LogP contribution in [-0.2, 0) is 9.53 Å². The highest BCUT2D eigenvalue weighted by Gasteiger charge is 2.27. The topological polar surface area (TPSA) is 38.3 Å². The first-order valence-corrected chi connectivity index (χ1v) is 7.86. The van der Waals surface area contributed by atoms with E-state index in [0.29, 0.717) is 12.0 Å². The number of carbonyl (C=O) groups is 1. The average molecular weight is 277 g/mol. The van der Waals surface area contributed by atoms with Crippen LogP contribution in [0.3, 0.4) is 0 Å². The zero-order valence-electron chi connectivity index (χ0n) is 12.9. The van der Waals surface area contributed by atoms with Crippen molar-refractivity contribution in [3.63, 3.8) is 0 Å². The molecule has 1 saturated carbocycles. The molecule has 2 aliphatic carbocycles. The normalized spacial score (nSPS) is 26.8. The minimum absolute atomic E-state index is 0.0388. The molecular formula is C17H27NO2. The Kier molecular flexibility index (Phi) is 5.27. The largest absolute Gasteiger partial charge is 0.469 e. The molecule has 0 bridgehead atoms. The van der Waals surface area contributed by atoms with Gasteiger partial charge in [-0.25, -0.2) is 0 Å². The Morgan fingerprint density at radius 2 is 1.85 bits per heavy atom. The Morgan fingerprint density at radius 1 is 1.20 bits per heavy atom. The minimum Gasteiger partial charge on any atom is -0.469 e. The molecule has 0 aromatic heterocycles. The molecular weight excluding hydrogens is 250 g/mol. The number of allylic oxidation sites excluding steroid dienone is 3. The molecule has 112 valence electrons. The fraction of sp³-hybridized carbons (Fsp3) is 0.706. The number of carbonyl (C=O) groups excluding carboxylic acids is 1. The summed E-state index contributed by atoms with van der Waals surface area (Å²) in [4.78, 5) is 11.5. The highest BCUT2D eigenvalue weighted by Crippen LogP contribution is 2.29. The van der Waals surface area contributed by atoms with Gasteiger partial charge >= 0.3 is 5.97 Å². The number of methoxy groups -OCH3 is 1. The SMILES string of the molecule is COC(=O)C1CCC(NC2=CCCC=C2C(C)C)CC1. The number of esters is 1. The number of hydrogen-bond acceptors (Lipinski definition) is 3. The van der Waals surface area contributed by atoms with E-state index in [4.69, 9.17) is 4.74 Å². The molecule has 20 heavy (non-hydrogen) atoms. The molecule has 2 aliphatic rings. The molecule has 0 amide bonds. The van der Waals surface area contributed by atoms with Gasteiger partial charge in [0, 0.05) is 11.7 Å². The lowest BCUT2D eigenvalue weighted by atomic mass is 9.85. The Labute approximate surface area is 122 Å². The summed E-state index contributed by atoms with van der Waals surface area (Å²) in [5, 5.41) is 3.71. The van der Waals surface area contributed by atoms with E-state index in [9.17, 15) is 4.79 Å². The van der Waals surface area contributed by atoms with E-state index in [1.54, 1.807) is 0 Å². The summed E-state index contributed by atoms with van der Waals surface area (Å²) in [6.07, 6.45) is 11.0. The summed E-state index contributed by atoms with van der Waals surface area (Å²) < 4.78 is 4.84. The molecule has 2 rings (SSSR count). The zero-order chi connectivity index (χ0) is 14.5. The predicted molar refractivity (Wildman–Crippen MR) is 81.1 cm³/mol. The van der Waals surface area contributed by atoms with E-state index < -0.39 is 0 Å². The van der Waals surface area contributed by atoms with Crippen molar-refractivity contribution in [3.05, 3.63) is 23.4 Å². The Balaban J connectivity index is 1.88. The molecule has 1 N–H and O–H groups in total. The van der Waals surface area contributed by atoms with Crippen LogP contribution < -0.4 is 5.32 Å². The number of nitrogens with one attached hydrogen (secondary N) is 1. The van der Waals surface area contributed by atoms with Crippen molar-refractivity contribution in [2.24, 2.45) is 11.8 Å². The molecule has 0 aliphatic heterocycles. The molecule has 3 nitrogen and oxygen atoms in total. The van der Waals surface area contributed by atoms with Gasteiger partial charge < -0.3 is 10.1 Å². The van der Waals surface area contributed by atoms with Gasteiger partial charge in [-0.2, -0.15) is 0 Å². The van der Waals surface area contributed by atoms with Gasteiger partial charge in [0.05, 0.1) is 13.0 Å². The molecule has 3 heteroatoms. The molecule has 0 unspecified atom stereocenters. The predicted octanol–water partition coefficient (Wildman–Crippen LogP) is 3.57. The third kappa shape index (κ3) is 3.65. The van der Waals surface area contributed by atoms with Crippen molar-refractivity contribution in [1.29, 1.82) is 0 Å². The highest BCUT2D eigenvalue weighted by atomic mass is 16.5. The maximum atomic E-state index is 11.5. The zero-order valence-corrected chi connectivity index (χ0v) is 12.9. The maximum absolute atomic E-state index is 11.5. The molecule has 1 fully saturated rings. The monoisotopic (exact) mass is 277 g/mol. The van der Waals surface area contributed by atoms with Gasteiger partial charge in [-0.3, -0.25) is 4.79 Å². The lowest BCUT2D eigenvalue weighted by molar-refractivity contribution is -0.146. The summed E-state index contributed by atoms with van der Waals surface area (Å²) in [6, 6.07) is 0.502. The van der Waals surface area contributed by atoms with Gasteiger partial charge in [0.15, 0.2) is 0 Å². The molecule has 0 saturated heterocycles. The van der Waals surface area contributed by atoms with Crippen LogP contribution in [0.2, 0.25) is 0 Å². The van der Waals surface area contributed by atoms with Crippen LogP contribution in [0.1, 0.15) is 52.4 Å². The maximum Gasteiger partial charge on any atom is 0.308 e. The smallest absolute Gasteiger partial charge is 0.308 e. The Bertz CT molecular complexity index is 401. The van der Waals surface area contributed by atoms with E-state index >= 15 is 0 Å². The van der Waals surface area contributed by atoms with E-state index in [2.05, 4.69) is 31.3 Å². The first-order chi connectivity index (χ1) is 9.61. The molecule has 0 heterocycles. The molecule has 0 aromatic rings. The van der Waals surface area contributed by atoms with E-state index in [0.717, 1.165) is 38.5 Å². The Hall–Kier alpha value is -1.25. The minimum atomic E-state index is -0.0388. The van der Waals surface area contributed by atoms with Crippen molar-refractivity contribution in [2.75, 3.05) is 7.11 Å². The van der Waals surface area contributed by atoms with Crippen molar-refractivity contribution >= 4 is 5.97 Å². The molecule has 0 radical (unpaired) electrons. The van der Waals surface area contributed by atoms with Gasteiger partial charge in [-0.05, 0) is 50.0 Å². The van der Waals surface area contributed by atoms with Crippen LogP contribution in [-0.4, -0.2) is 19.1 Å². The molecule has 0 atom stereocenters. The van der Waals surface area contributed by atoms with Crippen molar-refractivity contribution in [1.82, 2.24) is 5.32 Å². The summed E-state index contributed by atoms with van der Waals surface area (Å²) >= 11 is 0. The third-order valence-electron chi connectivity index (χ3n) is 4.43. The van der Waals surface area contributed by atoms with Crippen LogP contribution in [0.5, 0.6) is 0 Å². The van der Waals surface area contributed by atoms with Gasteiger partial charge in [0.1, 0.15) is 0 Å². The number of hydrogen-bond donors (Lipinski definition) is 1. The van der Waals surface area contributed by atoms with Gasteiger partial charge in [-0.1, -0.05) is 26.0 Å². The van der Waals surface area contributed by atoms with Gasteiger partial charge in [-0.15, -0.1) is 0 Å². The first kappa shape index (κ1) is 15.1. The second-order valence-electron chi connectivity index (χ2n) is 6.23. The van der Waals surface area contributed by atoms with Gasteiger partial charge in [0.2, 0.25) is 0 Å². The van der Waals surface area contributed by atoms with Gasteiger partial charge in [0.25, 0.3) is 0 Å². The first-order valence-electron chi connectivity index (χ1n) is 7.86. The van der Waals surface area contributed by atoms with Crippen LogP contribution in [0.25, 0.3) is 0 Å². The summed E-state index contributed by atoms with van der Waals surface area (Å²) in [5.74, 6) is 0.641. The number of ether oxygens (including phenoxy) is 1. The van der Waals surface area contributed by atoms with Crippen molar-refractivity contribution in [3.8, 4) is 0 Å².